The van der Waals surface area contributed by atoms with Crippen molar-refractivity contribution >= 4 is 26.8 Å². The Balaban J connectivity index is 2.14. The smallest absolute Gasteiger partial charge is 0.438 e. The highest BCUT2D eigenvalue weighted by molar-refractivity contribution is 9.10. The van der Waals surface area contributed by atoms with Crippen LogP contribution in [0.25, 0.3) is 10.9 Å². The molecule has 0 aliphatic rings. The zero-order valence-corrected chi connectivity index (χ0v) is 12.5. The minimum atomic E-state index is -4.64. The molecule has 0 fully saturated rings. The van der Waals surface area contributed by atoms with E-state index < -0.39 is 12.0 Å². The number of hydrogen-bond acceptors (Lipinski definition) is 3. The van der Waals surface area contributed by atoms with E-state index in [0.29, 0.717) is 11.1 Å². The van der Waals surface area contributed by atoms with E-state index in [1.807, 2.05) is 0 Å². The van der Waals surface area contributed by atoms with Gasteiger partial charge < -0.3 is 4.74 Å². The monoisotopic (exact) mass is 368 g/mol. The quantitative estimate of drug-likeness (QED) is 0.623. The van der Waals surface area contributed by atoms with Crippen LogP contribution < -0.4 is 4.74 Å². The Morgan fingerprint density at radius 3 is 2.45 bits per heavy atom. The first-order chi connectivity index (χ1) is 10.4. The third kappa shape index (κ3) is 3.04. The number of rotatable bonds is 2. The molecule has 0 spiro atoms. The minimum absolute atomic E-state index is 0.129. The summed E-state index contributed by atoms with van der Waals surface area (Å²) in [7, 11) is 0. The molecule has 0 amide bonds. The molecule has 0 unspecified atom stereocenters. The van der Waals surface area contributed by atoms with Crippen molar-refractivity contribution in [3.8, 4) is 11.6 Å². The molecule has 112 valence electrons. The Morgan fingerprint density at radius 2 is 1.73 bits per heavy atom. The molecule has 0 saturated heterocycles. The summed E-state index contributed by atoms with van der Waals surface area (Å²) in [5, 5.41) is 0.412. The lowest BCUT2D eigenvalue weighted by atomic mass is 10.2. The molecule has 2 aromatic carbocycles. The van der Waals surface area contributed by atoms with Gasteiger partial charge in [-0.1, -0.05) is 34.1 Å². The second-order valence-electron chi connectivity index (χ2n) is 4.43. The highest BCUT2D eigenvalue weighted by atomic mass is 79.9. The topological polar surface area (TPSA) is 35.0 Å². The molecule has 3 aromatic rings. The van der Waals surface area contributed by atoms with Gasteiger partial charge in [0.2, 0.25) is 11.7 Å². The van der Waals surface area contributed by atoms with Crippen molar-refractivity contribution in [3.05, 3.63) is 58.8 Å². The van der Waals surface area contributed by atoms with E-state index in [1.165, 1.54) is 6.07 Å². The van der Waals surface area contributed by atoms with Crippen LogP contribution in [0.3, 0.4) is 0 Å². The fourth-order valence-corrected chi connectivity index (χ4v) is 2.27. The average molecular weight is 369 g/mol. The van der Waals surface area contributed by atoms with Crippen LogP contribution in [0.15, 0.2) is 53.0 Å². The molecule has 0 aliphatic carbocycles. The number of benzene rings is 2. The summed E-state index contributed by atoms with van der Waals surface area (Å²) in [5.74, 6) is -0.974. The Labute approximate surface area is 131 Å². The fourth-order valence-electron chi connectivity index (χ4n) is 1.89. The van der Waals surface area contributed by atoms with E-state index >= 15 is 0 Å². The molecule has 3 rings (SSSR count). The summed E-state index contributed by atoms with van der Waals surface area (Å²) in [6.07, 6.45) is -4.64. The molecule has 0 aliphatic heterocycles. The van der Waals surface area contributed by atoms with Crippen LogP contribution in [-0.4, -0.2) is 9.97 Å². The molecule has 1 aromatic heterocycles. The van der Waals surface area contributed by atoms with Crippen molar-refractivity contribution in [2.75, 3.05) is 0 Å². The van der Waals surface area contributed by atoms with E-state index in [0.717, 1.165) is 4.47 Å². The van der Waals surface area contributed by atoms with Gasteiger partial charge in [-0.2, -0.15) is 18.2 Å². The molecular formula is C15H8BrF3N2O. The van der Waals surface area contributed by atoms with Crippen molar-refractivity contribution in [2.24, 2.45) is 0 Å². The van der Waals surface area contributed by atoms with Gasteiger partial charge in [-0.15, -0.1) is 0 Å². The molecule has 0 bridgehead atoms. The second kappa shape index (κ2) is 5.57. The Morgan fingerprint density at radius 1 is 0.955 bits per heavy atom. The summed E-state index contributed by atoms with van der Waals surface area (Å²) in [5.41, 5.74) is 0.176. The third-order valence-corrected chi connectivity index (χ3v) is 3.33. The van der Waals surface area contributed by atoms with Crippen LogP contribution in [0.2, 0.25) is 0 Å². The molecule has 0 radical (unpaired) electrons. The van der Waals surface area contributed by atoms with Gasteiger partial charge in [-0.25, -0.2) is 4.98 Å². The number of halogens is 4. The highest BCUT2D eigenvalue weighted by Crippen LogP contribution is 2.33. The van der Waals surface area contributed by atoms with Gasteiger partial charge in [-0.3, -0.25) is 0 Å². The van der Waals surface area contributed by atoms with Gasteiger partial charge in [0.15, 0.2) is 0 Å². The standard InChI is InChI=1S/C15H8BrF3N2O/c16-9-4-3-5-10(8-9)22-13-11-6-1-2-7-12(11)20-14(21-13)15(17,18)19/h1-8H. The van der Waals surface area contributed by atoms with Crippen molar-refractivity contribution in [3.63, 3.8) is 0 Å². The largest absolute Gasteiger partial charge is 0.451 e. The van der Waals surface area contributed by atoms with Crippen LogP contribution in [0, 0.1) is 0 Å². The average Bonchev–Trinajstić information content (AvgIpc) is 2.46. The Bertz CT molecular complexity index is 836. The summed E-state index contributed by atoms with van der Waals surface area (Å²) >= 11 is 3.28. The summed E-state index contributed by atoms with van der Waals surface area (Å²) in [6, 6.07) is 13.2. The van der Waals surface area contributed by atoms with Crippen LogP contribution in [0.4, 0.5) is 13.2 Å². The predicted octanol–water partition coefficient (Wildman–Crippen LogP) is 5.20. The van der Waals surface area contributed by atoms with E-state index in [2.05, 4.69) is 25.9 Å². The van der Waals surface area contributed by atoms with Gasteiger partial charge in [0.25, 0.3) is 0 Å². The SMILES string of the molecule is FC(F)(F)c1nc(Oc2cccc(Br)c2)c2ccccc2n1. The first-order valence-corrected chi connectivity index (χ1v) is 7.00. The Hall–Kier alpha value is -2.15. The summed E-state index contributed by atoms with van der Waals surface area (Å²) < 4.78 is 45.0. The van der Waals surface area contributed by atoms with E-state index in [-0.39, 0.29) is 11.4 Å². The lowest BCUT2D eigenvalue weighted by Gasteiger charge is -2.11. The molecule has 0 saturated carbocycles. The first-order valence-electron chi connectivity index (χ1n) is 6.21. The van der Waals surface area contributed by atoms with Gasteiger partial charge in [0.1, 0.15) is 5.75 Å². The fraction of sp³-hybridized carbons (Fsp3) is 0.0667. The number of ether oxygens (including phenoxy) is 1. The lowest BCUT2D eigenvalue weighted by Crippen LogP contribution is -2.11. The molecule has 7 heteroatoms. The van der Waals surface area contributed by atoms with E-state index in [1.54, 1.807) is 42.5 Å². The maximum absolute atomic E-state index is 12.9. The van der Waals surface area contributed by atoms with E-state index in [4.69, 9.17) is 4.74 Å². The van der Waals surface area contributed by atoms with Crippen molar-refractivity contribution < 1.29 is 17.9 Å². The number of hydrogen-bond donors (Lipinski definition) is 0. The van der Waals surface area contributed by atoms with Crippen molar-refractivity contribution in [1.82, 2.24) is 9.97 Å². The number of nitrogens with zero attached hydrogens (tertiary/aromatic N) is 2. The maximum atomic E-state index is 12.9. The number of alkyl halides is 3. The number of para-hydroxylation sites is 1. The molecular weight excluding hydrogens is 361 g/mol. The molecule has 0 atom stereocenters. The van der Waals surface area contributed by atoms with Gasteiger partial charge >= 0.3 is 6.18 Å². The summed E-state index contributed by atoms with van der Waals surface area (Å²) in [6.45, 7) is 0. The zero-order chi connectivity index (χ0) is 15.7. The van der Waals surface area contributed by atoms with Gasteiger partial charge in [-0.05, 0) is 30.3 Å². The van der Waals surface area contributed by atoms with Crippen LogP contribution in [-0.2, 0) is 6.18 Å². The highest BCUT2D eigenvalue weighted by Gasteiger charge is 2.35. The normalized spacial score (nSPS) is 11.6. The maximum Gasteiger partial charge on any atom is 0.451 e. The number of fused-ring (bicyclic) bond motifs is 1. The molecule has 0 N–H and O–H groups in total. The predicted molar refractivity (Wildman–Crippen MR) is 78.8 cm³/mol. The zero-order valence-electron chi connectivity index (χ0n) is 10.9. The van der Waals surface area contributed by atoms with E-state index in [9.17, 15) is 13.2 Å². The minimum Gasteiger partial charge on any atom is -0.438 e. The molecule has 22 heavy (non-hydrogen) atoms. The molecule has 1 heterocycles. The van der Waals surface area contributed by atoms with Crippen LogP contribution in [0.1, 0.15) is 5.82 Å². The lowest BCUT2D eigenvalue weighted by molar-refractivity contribution is -0.144. The number of aromatic nitrogens is 2. The van der Waals surface area contributed by atoms with Crippen LogP contribution in [0.5, 0.6) is 11.6 Å². The van der Waals surface area contributed by atoms with Crippen molar-refractivity contribution in [1.29, 1.82) is 0 Å². The molecule has 3 nitrogen and oxygen atoms in total. The summed E-state index contributed by atoms with van der Waals surface area (Å²) in [4.78, 5) is 7.06. The van der Waals surface area contributed by atoms with Gasteiger partial charge in [0, 0.05) is 4.47 Å². The van der Waals surface area contributed by atoms with Crippen molar-refractivity contribution in [2.45, 2.75) is 6.18 Å². The second-order valence-corrected chi connectivity index (χ2v) is 5.34. The third-order valence-electron chi connectivity index (χ3n) is 2.83. The van der Waals surface area contributed by atoms with Crippen LogP contribution >= 0.6 is 15.9 Å². The first kappa shape index (κ1) is 14.8. The van der Waals surface area contributed by atoms with Gasteiger partial charge in [0.05, 0.1) is 10.9 Å². The Kier molecular flexibility index (Phi) is 3.74.